The van der Waals surface area contributed by atoms with E-state index >= 15 is 0 Å². The number of nitrogens with zero attached hydrogens (tertiary/aromatic N) is 1. The molecule has 2 rings (SSSR count). The Morgan fingerprint density at radius 1 is 1.00 bits per heavy atom. The summed E-state index contributed by atoms with van der Waals surface area (Å²) in [6.45, 7) is 7.15. The number of hydroxylamine groups is 1. The molecule has 0 saturated carbocycles. The van der Waals surface area contributed by atoms with Crippen LogP contribution in [0.1, 0.15) is 57.1 Å². The highest BCUT2D eigenvalue weighted by molar-refractivity contribution is 5.94. The molecule has 0 aliphatic heterocycles. The minimum atomic E-state index is -0.504. The summed E-state index contributed by atoms with van der Waals surface area (Å²) in [5.41, 5.74) is 3.77. The molecule has 0 aromatic heterocycles. The average molecular weight is 470 g/mol. The van der Waals surface area contributed by atoms with Crippen LogP contribution in [0, 0.1) is 5.92 Å². The van der Waals surface area contributed by atoms with Gasteiger partial charge in [0, 0.05) is 25.4 Å². The van der Waals surface area contributed by atoms with E-state index in [1.807, 2.05) is 45.0 Å². The second-order valence-corrected chi connectivity index (χ2v) is 8.31. The molecule has 0 bridgehead atoms. The average Bonchev–Trinajstić information content (AvgIpc) is 2.85. The van der Waals surface area contributed by atoms with E-state index in [4.69, 9.17) is 5.21 Å². The van der Waals surface area contributed by atoms with E-state index in [-0.39, 0.29) is 29.9 Å². The molecule has 0 radical (unpaired) electrons. The molecule has 8 nitrogen and oxygen atoms in total. The fourth-order valence-electron chi connectivity index (χ4n) is 3.88. The van der Waals surface area contributed by atoms with Crippen molar-refractivity contribution in [1.82, 2.24) is 10.4 Å². The van der Waals surface area contributed by atoms with Crippen molar-refractivity contribution in [2.75, 3.05) is 18.4 Å². The maximum Gasteiger partial charge on any atom is 0.243 e. The van der Waals surface area contributed by atoms with Gasteiger partial charge in [-0.3, -0.25) is 19.6 Å². The van der Waals surface area contributed by atoms with Gasteiger partial charge in [0.15, 0.2) is 0 Å². The molecule has 2 atom stereocenters. The third kappa shape index (κ3) is 7.59. The van der Waals surface area contributed by atoms with Crippen molar-refractivity contribution in [1.29, 1.82) is 0 Å². The zero-order valence-electron chi connectivity index (χ0n) is 20.1. The Bertz CT molecular complexity index is 957. The predicted octanol–water partition coefficient (Wildman–Crippen LogP) is 3.84. The van der Waals surface area contributed by atoms with Crippen LogP contribution in [0.3, 0.4) is 0 Å². The summed E-state index contributed by atoms with van der Waals surface area (Å²) in [5.74, 6) is -1.42. The van der Waals surface area contributed by atoms with Crippen molar-refractivity contribution in [3.63, 3.8) is 0 Å². The highest BCUT2D eigenvalue weighted by Gasteiger charge is 2.22. The number of anilines is 1. The fourth-order valence-corrected chi connectivity index (χ4v) is 3.88. The Hall–Kier alpha value is -3.39. The first kappa shape index (κ1) is 26.9. The highest BCUT2D eigenvalue weighted by Crippen LogP contribution is 2.25. The van der Waals surface area contributed by atoms with Crippen molar-refractivity contribution >= 4 is 23.4 Å². The van der Waals surface area contributed by atoms with Gasteiger partial charge in [0.05, 0.1) is 11.6 Å². The van der Waals surface area contributed by atoms with E-state index in [2.05, 4.69) is 5.32 Å². The number of phenols is 1. The zero-order valence-corrected chi connectivity index (χ0v) is 20.1. The second kappa shape index (κ2) is 13.3. The van der Waals surface area contributed by atoms with E-state index in [0.717, 1.165) is 11.1 Å². The molecular weight excluding hydrogens is 434 g/mol. The first-order chi connectivity index (χ1) is 16.3. The van der Waals surface area contributed by atoms with Gasteiger partial charge in [0.2, 0.25) is 17.7 Å². The van der Waals surface area contributed by atoms with Gasteiger partial charge in [0.25, 0.3) is 0 Å². The molecule has 34 heavy (non-hydrogen) atoms. The third-order valence-corrected chi connectivity index (χ3v) is 6.02. The standard InChI is InChI=1S/C26H35N3O5/c1-4-29(5-2)26(33)18(3)20-15-13-19(14-16-20)17-21(9-8-12-24(31)28-34)25(32)27-22-10-6-7-11-23(22)30/h6-7,10-11,13-16,18,21,30,34H,4-5,8-9,12,17H2,1-3H3,(H,27,32)(H,28,31). The van der Waals surface area contributed by atoms with Crippen molar-refractivity contribution in [2.45, 2.75) is 52.4 Å². The van der Waals surface area contributed by atoms with Crippen molar-refractivity contribution in [2.24, 2.45) is 5.92 Å². The fraction of sp³-hybridized carbons (Fsp3) is 0.423. The topological polar surface area (TPSA) is 119 Å². The number of hydrogen-bond donors (Lipinski definition) is 4. The molecule has 3 amide bonds. The number of aromatic hydroxyl groups is 1. The molecule has 2 unspecified atom stereocenters. The molecule has 2 aromatic carbocycles. The van der Waals surface area contributed by atoms with E-state index in [1.54, 1.807) is 28.6 Å². The molecule has 8 heteroatoms. The van der Waals surface area contributed by atoms with Crippen LogP contribution in [-0.4, -0.2) is 46.0 Å². The van der Waals surface area contributed by atoms with Crippen LogP contribution in [0.2, 0.25) is 0 Å². The number of carbonyl (C=O) groups excluding carboxylic acids is 3. The number of nitrogens with one attached hydrogen (secondary N) is 2. The molecular formula is C26H35N3O5. The lowest BCUT2D eigenvalue weighted by Gasteiger charge is -2.23. The van der Waals surface area contributed by atoms with Gasteiger partial charge in [-0.25, -0.2) is 5.48 Å². The third-order valence-electron chi connectivity index (χ3n) is 6.02. The summed E-state index contributed by atoms with van der Waals surface area (Å²) in [5, 5.41) is 21.5. The first-order valence-corrected chi connectivity index (χ1v) is 11.7. The van der Waals surface area contributed by atoms with Gasteiger partial charge in [-0.05, 0) is 63.3 Å². The molecule has 0 spiro atoms. The summed E-state index contributed by atoms with van der Waals surface area (Å²) >= 11 is 0. The largest absolute Gasteiger partial charge is 0.506 e. The monoisotopic (exact) mass is 469 g/mol. The quantitative estimate of drug-likeness (QED) is 0.214. The SMILES string of the molecule is CCN(CC)C(=O)C(C)c1ccc(CC(CCCC(=O)NO)C(=O)Nc2ccccc2O)cc1. The molecule has 0 saturated heterocycles. The van der Waals surface area contributed by atoms with Crippen LogP contribution in [0.15, 0.2) is 48.5 Å². The van der Waals surface area contributed by atoms with Crippen LogP contribution in [0.25, 0.3) is 0 Å². The Labute approximate surface area is 200 Å². The number of benzene rings is 2. The van der Waals surface area contributed by atoms with Gasteiger partial charge in [-0.15, -0.1) is 0 Å². The Balaban J connectivity index is 2.13. The number of hydrogen-bond acceptors (Lipinski definition) is 5. The van der Waals surface area contributed by atoms with E-state index < -0.39 is 11.8 Å². The highest BCUT2D eigenvalue weighted by atomic mass is 16.5. The molecule has 0 aliphatic carbocycles. The molecule has 2 aromatic rings. The Morgan fingerprint density at radius 3 is 2.24 bits per heavy atom. The summed E-state index contributed by atoms with van der Waals surface area (Å²) in [4.78, 5) is 38.8. The Kier molecular flexibility index (Phi) is 10.5. The lowest BCUT2D eigenvalue weighted by atomic mass is 9.91. The van der Waals surface area contributed by atoms with Gasteiger partial charge >= 0.3 is 0 Å². The van der Waals surface area contributed by atoms with Crippen LogP contribution in [0.5, 0.6) is 5.75 Å². The van der Waals surface area contributed by atoms with E-state index in [1.165, 1.54) is 6.07 Å². The van der Waals surface area contributed by atoms with Gasteiger partial charge in [0.1, 0.15) is 5.75 Å². The second-order valence-electron chi connectivity index (χ2n) is 8.31. The van der Waals surface area contributed by atoms with Crippen LogP contribution < -0.4 is 10.8 Å². The lowest BCUT2D eigenvalue weighted by molar-refractivity contribution is -0.132. The molecule has 0 fully saturated rings. The van der Waals surface area contributed by atoms with Crippen molar-refractivity contribution in [3.8, 4) is 5.75 Å². The number of rotatable bonds is 12. The maximum atomic E-state index is 13.0. The molecule has 0 heterocycles. The lowest BCUT2D eigenvalue weighted by Crippen LogP contribution is -2.33. The zero-order chi connectivity index (χ0) is 25.1. The number of likely N-dealkylation sites (N-methyl/N-ethyl adjacent to an activating group) is 1. The van der Waals surface area contributed by atoms with Crippen LogP contribution >= 0.6 is 0 Å². The van der Waals surface area contributed by atoms with E-state index in [9.17, 15) is 19.5 Å². The van der Waals surface area contributed by atoms with Gasteiger partial charge in [-0.2, -0.15) is 0 Å². The van der Waals surface area contributed by atoms with Gasteiger partial charge < -0.3 is 15.3 Å². The number of phenolic OH excluding ortho intramolecular Hbond substituents is 1. The summed E-state index contributed by atoms with van der Waals surface area (Å²) in [6, 6.07) is 14.2. The maximum absolute atomic E-state index is 13.0. The van der Waals surface area contributed by atoms with Crippen molar-refractivity contribution < 1.29 is 24.7 Å². The first-order valence-electron chi connectivity index (χ1n) is 11.7. The van der Waals surface area contributed by atoms with Crippen molar-refractivity contribution in [3.05, 3.63) is 59.7 Å². The molecule has 0 aliphatic rings. The summed E-state index contributed by atoms with van der Waals surface area (Å²) in [6.07, 6.45) is 1.36. The van der Waals surface area contributed by atoms with Gasteiger partial charge in [-0.1, -0.05) is 36.4 Å². The Morgan fingerprint density at radius 2 is 1.65 bits per heavy atom. The molecule has 184 valence electrons. The predicted molar refractivity (Wildman–Crippen MR) is 130 cm³/mol. The number of para-hydroxylation sites is 2. The number of carbonyl (C=O) groups is 3. The minimum absolute atomic E-state index is 0.0227. The number of amides is 3. The summed E-state index contributed by atoms with van der Waals surface area (Å²) < 4.78 is 0. The summed E-state index contributed by atoms with van der Waals surface area (Å²) in [7, 11) is 0. The normalized spacial score (nSPS) is 12.5. The van der Waals surface area contributed by atoms with Crippen LogP contribution in [0.4, 0.5) is 5.69 Å². The minimum Gasteiger partial charge on any atom is -0.506 e. The van der Waals surface area contributed by atoms with Crippen LogP contribution in [-0.2, 0) is 20.8 Å². The molecule has 4 N–H and O–H groups in total. The smallest absolute Gasteiger partial charge is 0.243 e. The van der Waals surface area contributed by atoms with E-state index in [0.29, 0.717) is 38.0 Å².